The van der Waals surface area contributed by atoms with E-state index in [1.807, 2.05) is 39.0 Å². The first-order chi connectivity index (χ1) is 8.11. The maximum atomic E-state index is 9.63. The van der Waals surface area contributed by atoms with E-state index in [0.717, 1.165) is 16.7 Å². The summed E-state index contributed by atoms with van der Waals surface area (Å²) in [4.78, 5) is 4.23. The number of benzene rings is 1. The molecule has 1 atom stereocenters. The Kier molecular flexibility index (Phi) is 3.24. The molecule has 0 amide bonds. The molecule has 1 aromatic heterocycles. The lowest BCUT2D eigenvalue weighted by molar-refractivity contribution is 0.159. The van der Waals surface area contributed by atoms with E-state index in [9.17, 15) is 5.11 Å². The summed E-state index contributed by atoms with van der Waals surface area (Å²) in [6, 6.07) is 6.06. The molecule has 0 fully saturated rings. The molecule has 2 aromatic rings. The molecule has 1 aromatic carbocycles. The van der Waals surface area contributed by atoms with Gasteiger partial charge in [-0.15, -0.1) is 0 Å². The van der Waals surface area contributed by atoms with Crippen LogP contribution in [0.15, 0.2) is 22.7 Å². The van der Waals surface area contributed by atoms with Crippen molar-refractivity contribution < 1.29 is 9.63 Å². The van der Waals surface area contributed by atoms with Crippen molar-refractivity contribution in [3.8, 4) is 11.5 Å². The molecule has 1 unspecified atom stereocenters. The van der Waals surface area contributed by atoms with Gasteiger partial charge in [-0.3, -0.25) is 0 Å². The molecule has 0 spiro atoms. The molecule has 0 aliphatic carbocycles. The normalized spacial score (nSPS) is 12.7. The number of rotatable bonds is 3. The maximum Gasteiger partial charge on any atom is 0.258 e. The van der Waals surface area contributed by atoms with E-state index in [1.54, 1.807) is 0 Å². The predicted octanol–water partition coefficient (Wildman–Crippen LogP) is 2.80. The summed E-state index contributed by atoms with van der Waals surface area (Å²) in [6.07, 6.45) is -0.0798. The van der Waals surface area contributed by atoms with Crippen LogP contribution < -0.4 is 0 Å². The molecule has 0 radical (unpaired) electrons. The highest BCUT2D eigenvalue weighted by Gasteiger charge is 2.15. The van der Waals surface area contributed by atoms with Crippen LogP contribution in [0.25, 0.3) is 11.5 Å². The Morgan fingerprint density at radius 1 is 1.35 bits per heavy atom. The summed E-state index contributed by atoms with van der Waals surface area (Å²) >= 11 is 0. The lowest BCUT2D eigenvalue weighted by atomic mass is 10.1. The van der Waals surface area contributed by atoms with Gasteiger partial charge in [-0.05, 0) is 31.9 Å². The van der Waals surface area contributed by atoms with Gasteiger partial charge in [0.05, 0.1) is 0 Å². The second kappa shape index (κ2) is 4.67. The zero-order valence-corrected chi connectivity index (χ0v) is 10.3. The molecule has 1 heterocycles. The van der Waals surface area contributed by atoms with E-state index < -0.39 is 6.10 Å². The van der Waals surface area contributed by atoms with Crippen LogP contribution in [0.2, 0.25) is 0 Å². The molecule has 0 saturated heterocycles. The highest BCUT2D eigenvalue weighted by Crippen LogP contribution is 2.24. The topological polar surface area (TPSA) is 59.2 Å². The first-order valence-electron chi connectivity index (χ1n) is 5.71. The van der Waals surface area contributed by atoms with Crippen LogP contribution in [0.4, 0.5) is 0 Å². The first-order valence-corrected chi connectivity index (χ1v) is 5.71. The maximum absolute atomic E-state index is 9.63. The Morgan fingerprint density at radius 2 is 2.12 bits per heavy atom. The van der Waals surface area contributed by atoms with Crippen molar-refractivity contribution in [2.75, 3.05) is 0 Å². The zero-order valence-electron chi connectivity index (χ0n) is 10.3. The van der Waals surface area contributed by atoms with Gasteiger partial charge in [0, 0.05) is 5.56 Å². The van der Waals surface area contributed by atoms with E-state index in [0.29, 0.717) is 18.1 Å². The lowest BCUT2D eigenvalue weighted by Gasteiger charge is -2.01. The van der Waals surface area contributed by atoms with Gasteiger partial charge in [0.25, 0.3) is 5.89 Å². The van der Waals surface area contributed by atoms with Crippen LogP contribution in [-0.4, -0.2) is 15.2 Å². The van der Waals surface area contributed by atoms with E-state index in [2.05, 4.69) is 10.1 Å². The third-order valence-corrected chi connectivity index (χ3v) is 2.75. The monoisotopic (exact) mass is 232 g/mol. The third-order valence-electron chi connectivity index (χ3n) is 2.75. The quantitative estimate of drug-likeness (QED) is 0.884. The second-order valence-corrected chi connectivity index (χ2v) is 4.20. The van der Waals surface area contributed by atoms with Crippen LogP contribution in [-0.2, 0) is 0 Å². The fraction of sp³-hybridized carbons (Fsp3) is 0.385. The van der Waals surface area contributed by atoms with Gasteiger partial charge in [0.2, 0.25) is 5.82 Å². The number of aromatic nitrogens is 2. The van der Waals surface area contributed by atoms with E-state index in [1.165, 1.54) is 0 Å². The minimum atomic E-state index is -0.655. The zero-order chi connectivity index (χ0) is 12.4. The Morgan fingerprint density at radius 3 is 2.82 bits per heavy atom. The molecular formula is C13H16N2O2. The average Bonchev–Trinajstić information content (AvgIpc) is 2.80. The van der Waals surface area contributed by atoms with Gasteiger partial charge in [0.1, 0.15) is 6.10 Å². The highest BCUT2D eigenvalue weighted by atomic mass is 16.5. The van der Waals surface area contributed by atoms with E-state index in [-0.39, 0.29) is 0 Å². The fourth-order valence-corrected chi connectivity index (χ4v) is 1.63. The van der Waals surface area contributed by atoms with E-state index >= 15 is 0 Å². The molecule has 0 aliphatic heterocycles. The molecule has 0 saturated carbocycles. The largest absolute Gasteiger partial charge is 0.385 e. The first kappa shape index (κ1) is 11.8. The van der Waals surface area contributed by atoms with Crippen LogP contribution in [0.5, 0.6) is 0 Å². The van der Waals surface area contributed by atoms with Crippen molar-refractivity contribution in [1.29, 1.82) is 0 Å². The summed E-state index contributed by atoms with van der Waals surface area (Å²) in [7, 11) is 0. The molecular weight excluding hydrogens is 216 g/mol. The fourth-order valence-electron chi connectivity index (χ4n) is 1.63. The molecule has 17 heavy (non-hydrogen) atoms. The van der Waals surface area contributed by atoms with Crippen molar-refractivity contribution in [3.05, 3.63) is 35.2 Å². The summed E-state index contributed by atoms with van der Waals surface area (Å²) in [6.45, 7) is 5.88. The SMILES string of the molecule is CCC(O)c1noc(-c2cc(C)ccc2C)n1. The minimum absolute atomic E-state index is 0.350. The number of hydrogen-bond acceptors (Lipinski definition) is 4. The number of aliphatic hydroxyl groups excluding tert-OH is 1. The van der Waals surface area contributed by atoms with Gasteiger partial charge in [-0.25, -0.2) is 0 Å². The van der Waals surface area contributed by atoms with Crippen molar-refractivity contribution >= 4 is 0 Å². The molecule has 4 heteroatoms. The summed E-state index contributed by atoms with van der Waals surface area (Å²) < 4.78 is 5.19. The highest BCUT2D eigenvalue weighted by molar-refractivity contribution is 5.59. The molecule has 0 aliphatic rings. The number of nitrogens with zero attached hydrogens (tertiary/aromatic N) is 2. The molecule has 2 rings (SSSR count). The third kappa shape index (κ3) is 2.36. The Labute approximate surface area is 100 Å². The van der Waals surface area contributed by atoms with Crippen molar-refractivity contribution in [3.63, 3.8) is 0 Å². The van der Waals surface area contributed by atoms with E-state index in [4.69, 9.17) is 4.52 Å². The number of aryl methyl sites for hydroxylation is 2. The van der Waals surface area contributed by atoms with Gasteiger partial charge in [-0.2, -0.15) is 4.98 Å². The van der Waals surface area contributed by atoms with Crippen LogP contribution in [0.3, 0.4) is 0 Å². The Balaban J connectivity index is 2.40. The Bertz CT molecular complexity index is 520. The standard InChI is InChI=1S/C13H16N2O2/c1-4-11(16)12-14-13(17-15-12)10-7-8(2)5-6-9(10)3/h5-7,11,16H,4H2,1-3H3. The summed E-state index contributed by atoms with van der Waals surface area (Å²) in [5.41, 5.74) is 3.14. The summed E-state index contributed by atoms with van der Waals surface area (Å²) in [5, 5.41) is 13.4. The van der Waals surface area contributed by atoms with Gasteiger partial charge in [0.15, 0.2) is 0 Å². The number of hydrogen-bond donors (Lipinski definition) is 1. The molecule has 1 N–H and O–H groups in total. The van der Waals surface area contributed by atoms with Crippen molar-refractivity contribution in [1.82, 2.24) is 10.1 Å². The van der Waals surface area contributed by atoms with Gasteiger partial charge in [-0.1, -0.05) is 29.8 Å². The van der Waals surface area contributed by atoms with Crippen molar-refractivity contribution in [2.24, 2.45) is 0 Å². The summed E-state index contributed by atoms with van der Waals surface area (Å²) in [5.74, 6) is 0.817. The van der Waals surface area contributed by atoms with Crippen LogP contribution in [0.1, 0.15) is 36.4 Å². The van der Waals surface area contributed by atoms with Crippen LogP contribution in [0, 0.1) is 13.8 Å². The molecule has 0 bridgehead atoms. The smallest absolute Gasteiger partial charge is 0.258 e. The average molecular weight is 232 g/mol. The lowest BCUT2D eigenvalue weighted by Crippen LogP contribution is -1.97. The van der Waals surface area contributed by atoms with Gasteiger partial charge >= 0.3 is 0 Å². The van der Waals surface area contributed by atoms with Gasteiger partial charge < -0.3 is 9.63 Å². The Hall–Kier alpha value is -1.68. The minimum Gasteiger partial charge on any atom is -0.385 e. The van der Waals surface area contributed by atoms with Crippen molar-refractivity contribution in [2.45, 2.75) is 33.3 Å². The molecule has 90 valence electrons. The van der Waals surface area contributed by atoms with Crippen LogP contribution >= 0.6 is 0 Å². The second-order valence-electron chi connectivity index (χ2n) is 4.20. The molecule has 4 nitrogen and oxygen atoms in total. The predicted molar refractivity (Wildman–Crippen MR) is 64.5 cm³/mol. The number of aliphatic hydroxyl groups is 1.